The Morgan fingerprint density at radius 1 is 1.28 bits per heavy atom. The van der Waals surface area contributed by atoms with Crippen molar-refractivity contribution in [2.75, 3.05) is 33.4 Å². The van der Waals surface area contributed by atoms with E-state index in [1.54, 1.807) is 7.11 Å². The van der Waals surface area contributed by atoms with Crippen LogP contribution in [-0.4, -0.2) is 50.3 Å². The van der Waals surface area contributed by atoms with E-state index in [2.05, 4.69) is 37.9 Å². The molecular formula is C15H32N2O. The fourth-order valence-corrected chi connectivity index (χ4v) is 2.58. The molecule has 1 rings (SSSR count). The summed E-state index contributed by atoms with van der Waals surface area (Å²) in [6.45, 7) is 13.8. The van der Waals surface area contributed by atoms with E-state index in [1.807, 2.05) is 0 Å². The van der Waals surface area contributed by atoms with Crippen molar-refractivity contribution in [2.24, 2.45) is 5.41 Å². The maximum absolute atomic E-state index is 5.13. The zero-order chi connectivity index (χ0) is 13.6. The molecule has 0 aromatic heterocycles. The zero-order valence-electron chi connectivity index (χ0n) is 13.0. The molecule has 0 aromatic carbocycles. The SMILES string of the molecule is COCCCCN1CC(C(C)(C)C)NCCC1C. The molecule has 0 spiro atoms. The highest BCUT2D eigenvalue weighted by Gasteiger charge is 2.30. The lowest BCUT2D eigenvalue weighted by molar-refractivity contribution is 0.150. The topological polar surface area (TPSA) is 24.5 Å². The van der Waals surface area contributed by atoms with Gasteiger partial charge in [0, 0.05) is 32.3 Å². The number of methoxy groups -OCH3 is 1. The average Bonchev–Trinajstić information content (AvgIpc) is 2.47. The molecule has 0 bridgehead atoms. The van der Waals surface area contributed by atoms with Crippen molar-refractivity contribution in [3.8, 4) is 0 Å². The first kappa shape index (κ1) is 15.9. The first-order valence-electron chi connectivity index (χ1n) is 7.41. The van der Waals surface area contributed by atoms with Crippen molar-refractivity contribution in [2.45, 2.75) is 59.0 Å². The number of nitrogens with zero attached hydrogens (tertiary/aromatic N) is 1. The lowest BCUT2D eigenvalue weighted by Gasteiger charge is -2.35. The number of unbranched alkanes of at least 4 members (excludes halogenated alkanes) is 1. The molecule has 3 nitrogen and oxygen atoms in total. The van der Waals surface area contributed by atoms with Gasteiger partial charge in [0.05, 0.1) is 0 Å². The predicted octanol–water partition coefficient (Wildman–Crippen LogP) is 2.51. The Morgan fingerprint density at radius 3 is 2.61 bits per heavy atom. The molecule has 1 fully saturated rings. The van der Waals surface area contributed by atoms with Gasteiger partial charge in [0.25, 0.3) is 0 Å². The Bertz CT molecular complexity index is 225. The largest absolute Gasteiger partial charge is 0.385 e. The van der Waals surface area contributed by atoms with Crippen LogP contribution in [0.2, 0.25) is 0 Å². The van der Waals surface area contributed by atoms with Crippen LogP contribution in [0.5, 0.6) is 0 Å². The Kier molecular flexibility index (Phi) is 6.61. The Hall–Kier alpha value is -0.120. The molecule has 0 radical (unpaired) electrons. The Labute approximate surface area is 113 Å². The molecular weight excluding hydrogens is 224 g/mol. The Morgan fingerprint density at radius 2 is 2.00 bits per heavy atom. The molecule has 1 aliphatic heterocycles. The number of rotatable bonds is 5. The lowest BCUT2D eigenvalue weighted by atomic mass is 9.86. The van der Waals surface area contributed by atoms with Gasteiger partial charge in [-0.2, -0.15) is 0 Å². The highest BCUT2D eigenvalue weighted by atomic mass is 16.5. The lowest BCUT2D eigenvalue weighted by Crippen LogP contribution is -2.47. The minimum atomic E-state index is 0.342. The summed E-state index contributed by atoms with van der Waals surface area (Å²) in [5.41, 5.74) is 0.342. The average molecular weight is 256 g/mol. The van der Waals surface area contributed by atoms with Crippen molar-refractivity contribution in [3.63, 3.8) is 0 Å². The third-order valence-corrected chi connectivity index (χ3v) is 4.08. The third-order valence-electron chi connectivity index (χ3n) is 4.08. The van der Waals surface area contributed by atoms with Crippen molar-refractivity contribution >= 4 is 0 Å². The van der Waals surface area contributed by atoms with Crippen molar-refractivity contribution in [1.29, 1.82) is 0 Å². The number of hydrogen-bond donors (Lipinski definition) is 1. The molecule has 2 atom stereocenters. The van der Waals surface area contributed by atoms with Gasteiger partial charge in [-0.15, -0.1) is 0 Å². The van der Waals surface area contributed by atoms with E-state index in [9.17, 15) is 0 Å². The number of hydrogen-bond acceptors (Lipinski definition) is 3. The summed E-state index contributed by atoms with van der Waals surface area (Å²) in [6.07, 6.45) is 3.68. The first-order chi connectivity index (χ1) is 8.45. The van der Waals surface area contributed by atoms with Crippen LogP contribution < -0.4 is 5.32 Å². The van der Waals surface area contributed by atoms with Gasteiger partial charge in [-0.25, -0.2) is 0 Å². The number of ether oxygens (including phenoxy) is 1. The standard InChI is InChI=1S/C15H32N2O/c1-13-8-9-16-14(15(2,3)4)12-17(13)10-6-7-11-18-5/h13-14,16H,6-12H2,1-5H3. The molecule has 108 valence electrons. The van der Waals surface area contributed by atoms with Gasteiger partial charge in [0.15, 0.2) is 0 Å². The summed E-state index contributed by atoms with van der Waals surface area (Å²) in [4.78, 5) is 2.66. The molecule has 1 heterocycles. The van der Waals surface area contributed by atoms with Crippen LogP contribution in [-0.2, 0) is 4.74 Å². The van der Waals surface area contributed by atoms with Crippen LogP contribution in [0.1, 0.15) is 47.0 Å². The van der Waals surface area contributed by atoms with Crippen LogP contribution in [0.4, 0.5) is 0 Å². The molecule has 1 saturated heterocycles. The molecule has 0 aliphatic carbocycles. The second-order valence-electron chi connectivity index (χ2n) is 6.71. The summed E-state index contributed by atoms with van der Waals surface area (Å²) in [5.74, 6) is 0. The summed E-state index contributed by atoms with van der Waals surface area (Å²) >= 11 is 0. The van der Waals surface area contributed by atoms with Crippen LogP contribution in [0, 0.1) is 5.41 Å². The molecule has 0 aromatic rings. The summed E-state index contributed by atoms with van der Waals surface area (Å²) < 4.78 is 5.13. The van der Waals surface area contributed by atoms with E-state index in [1.165, 1.54) is 32.4 Å². The molecule has 1 N–H and O–H groups in total. The van der Waals surface area contributed by atoms with Gasteiger partial charge in [-0.3, -0.25) is 4.90 Å². The smallest absolute Gasteiger partial charge is 0.0462 e. The molecule has 1 aliphatic rings. The summed E-state index contributed by atoms with van der Waals surface area (Å²) in [5, 5.41) is 3.72. The molecule has 0 amide bonds. The van der Waals surface area contributed by atoms with E-state index in [4.69, 9.17) is 4.74 Å². The van der Waals surface area contributed by atoms with Gasteiger partial charge in [0.1, 0.15) is 0 Å². The second kappa shape index (κ2) is 7.46. The summed E-state index contributed by atoms with van der Waals surface area (Å²) in [7, 11) is 1.79. The number of nitrogens with one attached hydrogen (secondary N) is 1. The van der Waals surface area contributed by atoms with Crippen molar-refractivity contribution in [3.05, 3.63) is 0 Å². The van der Waals surface area contributed by atoms with Gasteiger partial charge < -0.3 is 10.1 Å². The van der Waals surface area contributed by atoms with Crippen LogP contribution in [0.15, 0.2) is 0 Å². The van der Waals surface area contributed by atoms with E-state index < -0.39 is 0 Å². The quantitative estimate of drug-likeness (QED) is 0.765. The predicted molar refractivity (Wildman–Crippen MR) is 78.0 cm³/mol. The van der Waals surface area contributed by atoms with Gasteiger partial charge in [0.2, 0.25) is 0 Å². The molecule has 3 heteroatoms. The maximum Gasteiger partial charge on any atom is 0.0462 e. The van der Waals surface area contributed by atoms with Gasteiger partial charge in [-0.05, 0) is 44.7 Å². The van der Waals surface area contributed by atoms with E-state index in [0.29, 0.717) is 17.5 Å². The highest BCUT2D eigenvalue weighted by molar-refractivity contribution is 4.88. The normalized spacial score (nSPS) is 27.2. The van der Waals surface area contributed by atoms with E-state index in [-0.39, 0.29) is 0 Å². The molecule has 18 heavy (non-hydrogen) atoms. The first-order valence-corrected chi connectivity index (χ1v) is 7.41. The fourth-order valence-electron chi connectivity index (χ4n) is 2.58. The Balaban J connectivity index is 2.46. The van der Waals surface area contributed by atoms with E-state index >= 15 is 0 Å². The third kappa shape index (κ3) is 5.25. The minimum Gasteiger partial charge on any atom is -0.385 e. The van der Waals surface area contributed by atoms with Crippen LogP contribution in [0.3, 0.4) is 0 Å². The fraction of sp³-hybridized carbons (Fsp3) is 1.00. The highest BCUT2D eigenvalue weighted by Crippen LogP contribution is 2.23. The van der Waals surface area contributed by atoms with Crippen molar-refractivity contribution < 1.29 is 4.74 Å². The van der Waals surface area contributed by atoms with Crippen LogP contribution in [0.25, 0.3) is 0 Å². The maximum atomic E-state index is 5.13. The van der Waals surface area contributed by atoms with Crippen LogP contribution >= 0.6 is 0 Å². The van der Waals surface area contributed by atoms with Gasteiger partial charge >= 0.3 is 0 Å². The monoisotopic (exact) mass is 256 g/mol. The van der Waals surface area contributed by atoms with Gasteiger partial charge in [-0.1, -0.05) is 20.8 Å². The second-order valence-corrected chi connectivity index (χ2v) is 6.71. The van der Waals surface area contributed by atoms with Crippen molar-refractivity contribution in [1.82, 2.24) is 10.2 Å². The molecule has 2 unspecified atom stereocenters. The minimum absolute atomic E-state index is 0.342. The van der Waals surface area contributed by atoms with E-state index in [0.717, 1.165) is 13.2 Å². The summed E-state index contributed by atoms with van der Waals surface area (Å²) in [6, 6.07) is 1.30. The molecule has 0 saturated carbocycles. The zero-order valence-corrected chi connectivity index (χ0v) is 13.0.